The summed E-state index contributed by atoms with van der Waals surface area (Å²) in [7, 11) is 0. The van der Waals surface area contributed by atoms with E-state index < -0.39 is 18.1 Å². The number of ether oxygens (including phenoxy) is 3. The Hall–Kier alpha value is -4.20. The SMILES string of the molecule is O=C(NC(Cc1ccccc1)Oc1ccccc1Cl)c1ccc(Oc2cc3c(cc2Cl)C(C(=O)O)CCO3)cc1. The highest BCUT2D eigenvalue weighted by molar-refractivity contribution is 6.32. The van der Waals surface area contributed by atoms with Crippen molar-refractivity contribution in [3.05, 3.63) is 118 Å². The average Bonchev–Trinajstić information content (AvgIpc) is 2.95. The molecule has 1 aliphatic rings. The van der Waals surface area contributed by atoms with Crippen LogP contribution in [-0.2, 0) is 11.2 Å². The standard InChI is InChI=1S/C31H25Cl2NO6/c32-24-8-4-5-9-26(24)40-29(16-19-6-2-1-3-7-19)34-30(35)20-10-12-21(13-11-20)39-28-18-27-23(17-25(28)33)22(31(36)37)14-15-38-27/h1-13,17-18,22,29H,14-16H2,(H,34,35)(H,36,37). The molecule has 1 heterocycles. The number of rotatable bonds is 9. The molecule has 204 valence electrons. The summed E-state index contributed by atoms with van der Waals surface area (Å²) in [6.07, 6.45) is 0.133. The van der Waals surface area contributed by atoms with Crippen molar-refractivity contribution >= 4 is 35.1 Å². The summed E-state index contributed by atoms with van der Waals surface area (Å²) in [6.45, 7) is 0.292. The molecule has 2 N–H and O–H groups in total. The van der Waals surface area contributed by atoms with Crippen LogP contribution in [0.15, 0.2) is 91.0 Å². The lowest BCUT2D eigenvalue weighted by Gasteiger charge is -2.24. The number of halogens is 2. The molecule has 2 unspecified atom stereocenters. The number of hydrogen-bond donors (Lipinski definition) is 2. The van der Waals surface area contributed by atoms with Gasteiger partial charge >= 0.3 is 5.97 Å². The second-order valence-corrected chi connectivity index (χ2v) is 9.99. The maximum Gasteiger partial charge on any atom is 0.311 e. The van der Waals surface area contributed by atoms with E-state index in [1.165, 1.54) is 0 Å². The van der Waals surface area contributed by atoms with E-state index in [4.69, 9.17) is 37.4 Å². The number of benzene rings is 4. The van der Waals surface area contributed by atoms with Crippen LogP contribution >= 0.6 is 23.2 Å². The Kier molecular flexibility index (Phi) is 8.43. The van der Waals surface area contributed by atoms with Crippen LogP contribution in [-0.4, -0.2) is 29.8 Å². The van der Waals surface area contributed by atoms with Crippen LogP contribution in [0.25, 0.3) is 0 Å². The van der Waals surface area contributed by atoms with E-state index in [0.29, 0.717) is 58.6 Å². The molecule has 5 rings (SSSR count). The van der Waals surface area contributed by atoms with Gasteiger partial charge in [-0.15, -0.1) is 0 Å². The molecule has 0 radical (unpaired) electrons. The first kappa shape index (κ1) is 27.4. The van der Waals surface area contributed by atoms with Gasteiger partial charge in [0.05, 0.1) is 22.6 Å². The molecule has 4 aromatic rings. The van der Waals surface area contributed by atoms with Crippen molar-refractivity contribution in [2.45, 2.75) is 25.0 Å². The molecule has 0 bridgehead atoms. The zero-order valence-electron chi connectivity index (χ0n) is 21.2. The van der Waals surface area contributed by atoms with Gasteiger partial charge in [-0.2, -0.15) is 0 Å². The van der Waals surface area contributed by atoms with Gasteiger partial charge < -0.3 is 24.6 Å². The number of nitrogens with one attached hydrogen (secondary N) is 1. The van der Waals surface area contributed by atoms with Gasteiger partial charge in [-0.05, 0) is 54.4 Å². The number of amides is 1. The molecule has 0 saturated carbocycles. The third-order valence-corrected chi connectivity index (χ3v) is 7.02. The van der Waals surface area contributed by atoms with E-state index >= 15 is 0 Å². The lowest BCUT2D eigenvalue weighted by Crippen LogP contribution is -2.40. The van der Waals surface area contributed by atoms with Crippen LogP contribution in [0.2, 0.25) is 10.0 Å². The lowest BCUT2D eigenvalue weighted by molar-refractivity contribution is -0.139. The number of carbonyl (C=O) groups excluding carboxylic acids is 1. The molecule has 9 heteroatoms. The molecule has 2 atom stereocenters. The Morgan fingerprint density at radius 2 is 1.65 bits per heavy atom. The van der Waals surface area contributed by atoms with E-state index in [1.54, 1.807) is 54.6 Å². The number of carbonyl (C=O) groups is 2. The summed E-state index contributed by atoms with van der Waals surface area (Å²) in [5.41, 5.74) is 1.91. The van der Waals surface area contributed by atoms with Crippen molar-refractivity contribution in [2.75, 3.05) is 6.61 Å². The summed E-state index contributed by atoms with van der Waals surface area (Å²) >= 11 is 12.7. The highest BCUT2D eigenvalue weighted by Gasteiger charge is 2.29. The number of hydrogen-bond acceptors (Lipinski definition) is 5. The van der Waals surface area contributed by atoms with Crippen molar-refractivity contribution < 1.29 is 28.9 Å². The second-order valence-electron chi connectivity index (χ2n) is 9.17. The van der Waals surface area contributed by atoms with E-state index in [-0.39, 0.29) is 10.9 Å². The topological polar surface area (TPSA) is 94.1 Å². The minimum absolute atomic E-state index is 0.262. The van der Waals surface area contributed by atoms with Crippen LogP contribution in [0, 0.1) is 0 Å². The van der Waals surface area contributed by atoms with Gasteiger partial charge in [0.1, 0.15) is 23.0 Å². The van der Waals surface area contributed by atoms with E-state index in [1.807, 2.05) is 36.4 Å². The zero-order valence-corrected chi connectivity index (χ0v) is 22.7. The highest BCUT2D eigenvalue weighted by atomic mass is 35.5. The summed E-state index contributed by atoms with van der Waals surface area (Å²) < 4.78 is 17.6. The smallest absolute Gasteiger partial charge is 0.311 e. The first-order valence-electron chi connectivity index (χ1n) is 12.6. The first-order valence-corrected chi connectivity index (χ1v) is 13.4. The van der Waals surface area contributed by atoms with Gasteiger partial charge in [0.2, 0.25) is 0 Å². The molecule has 0 saturated heterocycles. The number of fused-ring (bicyclic) bond motifs is 1. The van der Waals surface area contributed by atoms with Crippen LogP contribution in [0.3, 0.4) is 0 Å². The maximum absolute atomic E-state index is 13.1. The molecule has 1 aliphatic heterocycles. The molecule has 7 nitrogen and oxygen atoms in total. The molecular weight excluding hydrogens is 553 g/mol. The molecule has 1 amide bonds. The fourth-order valence-corrected chi connectivity index (χ4v) is 4.79. The van der Waals surface area contributed by atoms with Gasteiger partial charge in [-0.1, -0.05) is 65.7 Å². The van der Waals surface area contributed by atoms with Gasteiger partial charge in [0, 0.05) is 23.6 Å². The summed E-state index contributed by atoms with van der Waals surface area (Å²) in [5.74, 6) is -0.282. The summed E-state index contributed by atoms with van der Waals surface area (Å²) in [5, 5.41) is 13.1. The van der Waals surface area contributed by atoms with Crippen molar-refractivity contribution in [3.8, 4) is 23.0 Å². The molecule has 0 aromatic heterocycles. The fourth-order valence-electron chi connectivity index (χ4n) is 4.40. The van der Waals surface area contributed by atoms with E-state index in [2.05, 4.69) is 5.32 Å². The Bertz CT molecular complexity index is 1510. The first-order chi connectivity index (χ1) is 19.4. The molecule has 4 aromatic carbocycles. The monoisotopic (exact) mass is 577 g/mol. The lowest BCUT2D eigenvalue weighted by atomic mass is 9.93. The number of para-hydroxylation sites is 1. The Morgan fingerprint density at radius 1 is 0.925 bits per heavy atom. The predicted octanol–water partition coefficient (Wildman–Crippen LogP) is 7.11. The zero-order chi connectivity index (χ0) is 28.1. The molecule has 0 fully saturated rings. The third-order valence-electron chi connectivity index (χ3n) is 6.41. The van der Waals surface area contributed by atoms with Gasteiger partial charge in [-0.3, -0.25) is 9.59 Å². The van der Waals surface area contributed by atoms with Crippen LogP contribution in [0.5, 0.6) is 23.0 Å². The van der Waals surface area contributed by atoms with Crippen molar-refractivity contribution in [1.82, 2.24) is 5.32 Å². The normalized spacial score (nSPS) is 14.8. The molecule has 40 heavy (non-hydrogen) atoms. The quantitative estimate of drug-likeness (QED) is 0.206. The van der Waals surface area contributed by atoms with E-state index in [0.717, 1.165) is 5.56 Å². The number of aliphatic carboxylic acids is 1. The van der Waals surface area contributed by atoms with Crippen molar-refractivity contribution in [2.24, 2.45) is 0 Å². The largest absolute Gasteiger partial charge is 0.493 e. The fraction of sp³-hybridized carbons (Fsp3) is 0.161. The molecule has 0 aliphatic carbocycles. The summed E-state index contributed by atoms with van der Waals surface area (Å²) in [6, 6.07) is 26.5. The molecule has 0 spiro atoms. The van der Waals surface area contributed by atoms with Gasteiger partial charge in [-0.25, -0.2) is 0 Å². The Labute approximate surface area is 241 Å². The van der Waals surface area contributed by atoms with E-state index in [9.17, 15) is 14.7 Å². The van der Waals surface area contributed by atoms with Crippen LogP contribution < -0.4 is 19.5 Å². The minimum Gasteiger partial charge on any atom is -0.493 e. The predicted molar refractivity (Wildman–Crippen MR) is 152 cm³/mol. The van der Waals surface area contributed by atoms with Crippen LogP contribution in [0.1, 0.15) is 33.8 Å². The highest BCUT2D eigenvalue weighted by Crippen LogP contribution is 2.41. The van der Waals surface area contributed by atoms with Crippen molar-refractivity contribution in [3.63, 3.8) is 0 Å². The Morgan fingerprint density at radius 3 is 2.38 bits per heavy atom. The van der Waals surface area contributed by atoms with Crippen LogP contribution in [0.4, 0.5) is 0 Å². The Balaban J connectivity index is 1.29. The summed E-state index contributed by atoms with van der Waals surface area (Å²) in [4.78, 5) is 24.7. The van der Waals surface area contributed by atoms with Crippen molar-refractivity contribution in [1.29, 1.82) is 0 Å². The second kappa shape index (κ2) is 12.3. The molecular formula is C31H25Cl2NO6. The maximum atomic E-state index is 13.1. The van der Waals surface area contributed by atoms with Gasteiger partial charge in [0.25, 0.3) is 5.91 Å². The van der Waals surface area contributed by atoms with Gasteiger partial charge in [0.15, 0.2) is 6.23 Å². The average molecular weight is 578 g/mol. The third kappa shape index (κ3) is 6.50. The number of carboxylic acids is 1. The minimum atomic E-state index is -0.925. The number of carboxylic acid groups (broad SMARTS) is 1.